The van der Waals surface area contributed by atoms with E-state index in [0.717, 1.165) is 0 Å². The molecule has 0 aromatic heterocycles. The molecule has 0 aliphatic rings. The van der Waals surface area contributed by atoms with Crippen LogP contribution in [-0.2, 0) is 0 Å². The van der Waals surface area contributed by atoms with Crippen LogP contribution in [0, 0.1) is 10.1 Å². The van der Waals surface area contributed by atoms with Gasteiger partial charge in [-0.2, -0.15) is 10.2 Å². The van der Waals surface area contributed by atoms with Crippen LogP contribution < -0.4 is 0 Å². The molecule has 0 amide bonds. The number of hydrogen-bond acceptors (Lipinski definition) is 5. The molecule has 1 N–H and O–H groups in total. The van der Waals surface area contributed by atoms with Crippen LogP contribution in [-0.4, -0.2) is 22.0 Å². The van der Waals surface area contributed by atoms with Crippen molar-refractivity contribution in [3.8, 4) is 5.75 Å². The largest absolute Gasteiger partial charge is 0.507 e. The van der Waals surface area contributed by atoms with Gasteiger partial charge >= 0.3 is 0 Å². The minimum atomic E-state index is -0.456. The lowest BCUT2D eigenvalue weighted by molar-refractivity contribution is -0.384. The summed E-state index contributed by atoms with van der Waals surface area (Å²) in [6.07, 6.45) is 1.43. The van der Waals surface area contributed by atoms with Gasteiger partial charge in [0.05, 0.1) is 16.8 Å². The number of non-ortho nitro benzene ring substituents is 1. The summed E-state index contributed by atoms with van der Waals surface area (Å²) in [5.74, 6) is 0.115. The first-order chi connectivity index (χ1) is 10.1. The molecule has 0 atom stereocenters. The SMILES string of the molecule is C/C(=N/N=C\c1ccccc1O)c1cccc([N+](=O)[O-])c1. The Morgan fingerprint density at radius 1 is 1.24 bits per heavy atom. The first-order valence-electron chi connectivity index (χ1n) is 6.18. The van der Waals surface area contributed by atoms with E-state index in [1.807, 2.05) is 0 Å². The van der Waals surface area contributed by atoms with Gasteiger partial charge in [0, 0.05) is 23.3 Å². The van der Waals surface area contributed by atoms with Gasteiger partial charge in [0.2, 0.25) is 0 Å². The number of nitro groups is 1. The van der Waals surface area contributed by atoms with E-state index in [9.17, 15) is 15.2 Å². The molecule has 0 heterocycles. The van der Waals surface area contributed by atoms with Gasteiger partial charge in [0.15, 0.2) is 0 Å². The first-order valence-corrected chi connectivity index (χ1v) is 6.18. The van der Waals surface area contributed by atoms with E-state index >= 15 is 0 Å². The Morgan fingerprint density at radius 2 is 2.00 bits per heavy atom. The summed E-state index contributed by atoms with van der Waals surface area (Å²) >= 11 is 0. The molecule has 21 heavy (non-hydrogen) atoms. The van der Waals surface area contributed by atoms with Crippen molar-refractivity contribution in [2.24, 2.45) is 10.2 Å². The lowest BCUT2D eigenvalue weighted by Gasteiger charge is -1.99. The topological polar surface area (TPSA) is 88.1 Å². The Morgan fingerprint density at radius 3 is 2.71 bits per heavy atom. The van der Waals surface area contributed by atoms with Crippen LogP contribution in [0.1, 0.15) is 18.1 Å². The predicted octanol–water partition coefficient (Wildman–Crippen LogP) is 3.14. The van der Waals surface area contributed by atoms with Crippen molar-refractivity contribution in [2.45, 2.75) is 6.92 Å². The third kappa shape index (κ3) is 3.73. The molecule has 0 fully saturated rings. The summed E-state index contributed by atoms with van der Waals surface area (Å²) in [5.41, 5.74) is 1.73. The molecule has 0 bridgehead atoms. The van der Waals surface area contributed by atoms with Crippen LogP contribution >= 0.6 is 0 Å². The number of nitrogens with zero attached hydrogens (tertiary/aromatic N) is 3. The van der Waals surface area contributed by atoms with Crippen molar-refractivity contribution >= 4 is 17.6 Å². The molecule has 0 aliphatic carbocycles. The van der Waals surface area contributed by atoms with Gasteiger partial charge in [0.25, 0.3) is 5.69 Å². The molecule has 6 nitrogen and oxygen atoms in total. The number of phenolic OH excluding ortho intramolecular Hbond substituents is 1. The van der Waals surface area contributed by atoms with Gasteiger partial charge in [-0.25, -0.2) is 0 Å². The standard InChI is InChI=1S/C15H13N3O3/c1-11(12-6-4-7-14(9-12)18(20)21)17-16-10-13-5-2-3-8-15(13)19/h2-10,19H,1H3/b16-10-,17-11-. The van der Waals surface area contributed by atoms with Crippen LogP contribution in [0.4, 0.5) is 5.69 Å². The van der Waals surface area contributed by atoms with E-state index in [2.05, 4.69) is 10.2 Å². The highest BCUT2D eigenvalue weighted by Crippen LogP contribution is 2.15. The molecule has 0 unspecified atom stereocenters. The van der Waals surface area contributed by atoms with Crippen LogP contribution in [0.3, 0.4) is 0 Å². The van der Waals surface area contributed by atoms with Gasteiger partial charge in [-0.3, -0.25) is 10.1 Å². The number of aromatic hydroxyl groups is 1. The van der Waals surface area contributed by atoms with Crippen LogP contribution in [0.2, 0.25) is 0 Å². The van der Waals surface area contributed by atoms with Crippen molar-refractivity contribution in [1.29, 1.82) is 0 Å². The van der Waals surface area contributed by atoms with E-state index in [4.69, 9.17) is 0 Å². The molecule has 2 aromatic rings. The van der Waals surface area contributed by atoms with Gasteiger partial charge in [-0.05, 0) is 19.1 Å². The highest BCUT2D eigenvalue weighted by atomic mass is 16.6. The smallest absolute Gasteiger partial charge is 0.270 e. The maximum atomic E-state index is 10.7. The molecular formula is C15H13N3O3. The summed E-state index contributed by atoms with van der Waals surface area (Å²) in [6.45, 7) is 1.71. The Labute approximate surface area is 121 Å². The minimum Gasteiger partial charge on any atom is -0.507 e. The lowest BCUT2D eigenvalue weighted by atomic mass is 10.1. The fourth-order valence-electron chi connectivity index (χ4n) is 1.68. The number of rotatable bonds is 4. The molecular weight excluding hydrogens is 270 g/mol. The summed E-state index contributed by atoms with van der Waals surface area (Å²) in [6, 6.07) is 12.9. The molecule has 0 spiro atoms. The zero-order chi connectivity index (χ0) is 15.2. The average Bonchev–Trinajstić information content (AvgIpc) is 2.49. The Balaban J connectivity index is 2.20. The van der Waals surface area contributed by atoms with Gasteiger partial charge in [-0.1, -0.05) is 24.3 Å². The van der Waals surface area contributed by atoms with E-state index in [1.165, 1.54) is 18.3 Å². The molecule has 106 valence electrons. The second-order valence-corrected chi connectivity index (χ2v) is 4.30. The van der Waals surface area contributed by atoms with Crippen molar-refractivity contribution < 1.29 is 10.0 Å². The summed E-state index contributed by atoms with van der Waals surface area (Å²) < 4.78 is 0. The molecule has 2 aromatic carbocycles. The maximum absolute atomic E-state index is 10.7. The van der Waals surface area contributed by atoms with E-state index in [-0.39, 0.29) is 11.4 Å². The zero-order valence-corrected chi connectivity index (χ0v) is 11.3. The van der Waals surface area contributed by atoms with Gasteiger partial charge in [-0.15, -0.1) is 0 Å². The van der Waals surface area contributed by atoms with Gasteiger partial charge < -0.3 is 5.11 Å². The summed E-state index contributed by atoms with van der Waals surface area (Å²) in [7, 11) is 0. The minimum absolute atomic E-state index is 0.00623. The quantitative estimate of drug-likeness (QED) is 0.531. The second-order valence-electron chi connectivity index (χ2n) is 4.30. The maximum Gasteiger partial charge on any atom is 0.270 e. The molecule has 2 rings (SSSR count). The fraction of sp³-hybridized carbons (Fsp3) is 0.0667. The Bertz CT molecular complexity index is 724. The van der Waals surface area contributed by atoms with Crippen molar-refractivity contribution in [3.05, 3.63) is 69.8 Å². The number of hydrogen-bond donors (Lipinski definition) is 1. The van der Waals surface area contributed by atoms with Crippen LogP contribution in [0.5, 0.6) is 5.75 Å². The fourth-order valence-corrected chi connectivity index (χ4v) is 1.68. The lowest BCUT2D eigenvalue weighted by Crippen LogP contribution is -1.96. The van der Waals surface area contributed by atoms with Crippen molar-refractivity contribution in [3.63, 3.8) is 0 Å². The third-order valence-electron chi connectivity index (χ3n) is 2.82. The molecule has 6 heteroatoms. The number of para-hydroxylation sites is 1. The highest BCUT2D eigenvalue weighted by Gasteiger charge is 2.07. The van der Waals surface area contributed by atoms with Crippen molar-refractivity contribution in [2.75, 3.05) is 0 Å². The molecule has 0 saturated heterocycles. The first kappa shape index (κ1) is 14.4. The van der Waals surface area contributed by atoms with Crippen LogP contribution in [0.15, 0.2) is 58.7 Å². The summed E-state index contributed by atoms with van der Waals surface area (Å²) in [4.78, 5) is 10.3. The molecule has 0 radical (unpaired) electrons. The number of benzene rings is 2. The monoisotopic (exact) mass is 283 g/mol. The van der Waals surface area contributed by atoms with Crippen LogP contribution in [0.25, 0.3) is 0 Å². The molecule has 0 saturated carbocycles. The highest BCUT2D eigenvalue weighted by molar-refractivity contribution is 5.99. The van der Waals surface area contributed by atoms with E-state index < -0.39 is 4.92 Å². The summed E-state index contributed by atoms with van der Waals surface area (Å²) in [5, 5.41) is 28.2. The molecule has 0 aliphatic heterocycles. The normalized spacial score (nSPS) is 11.8. The predicted molar refractivity (Wildman–Crippen MR) is 81.0 cm³/mol. The van der Waals surface area contributed by atoms with Crippen molar-refractivity contribution in [1.82, 2.24) is 0 Å². The number of phenols is 1. The average molecular weight is 283 g/mol. The Hall–Kier alpha value is -3.02. The number of nitro benzene ring substituents is 1. The zero-order valence-electron chi connectivity index (χ0n) is 11.3. The van der Waals surface area contributed by atoms with E-state index in [1.54, 1.807) is 43.3 Å². The third-order valence-corrected chi connectivity index (χ3v) is 2.82. The second kappa shape index (κ2) is 6.42. The van der Waals surface area contributed by atoms with E-state index in [0.29, 0.717) is 16.8 Å². The Kier molecular flexibility index (Phi) is 4.40. The van der Waals surface area contributed by atoms with Gasteiger partial charge in [0.1, 0.15) is 5.75 Å².